The highest BCUT2D eigenvalue weighted by molar-refractivity contribution is 6.00. The Bertz CT molecular complexity index is 1060. The summed E-state index contributed by atoms with van der Waals surface area (Å²) in [6.45, 7) is 1.88. The predicted molar refractivity (Wildman–Crippen MR) is 119 cm³/mol. The Morgan fingerprint density at radius 3 is 2.26 bits per heavy atom. The Labute approximate surface area is 180 Å². The molecule has 31 heavy (non-hydrogen) atoms. The van der Waals surface area contributed by atoms with E-state index in [-0.39, 0.29) is 5.91 Å². The van der Waals surface area contributed by atoms with Gasteiger partial charge in [0.05, 0.1) is 32.6 Å². The van der Waals surface area contributed by atoms with Crippen LogP contribution in [0.1, 0.15) is 15.9 Å². The molecule has 0 radical (unpaired) electrons. The standard InChI is InChI=1S/C22H25N5O4/c1-13-12-24-22(25-14-10-17(29-3)19(31-5)18(11-14)30-4)27-20(13)26-16-9-7-6-8-15(16)21(28)23-2/h6-12H,1-5H3,(H,23,28)(H2,24,25,26,27). The maximum Gasteiger partial charge on any atom is 0.253 e. The van der Waals surface area contributed by atoms with Crippen LogP contribution in [0.15, 0.2) is 42.6 Å². The van der Waals surface area contributed by atoms with E-state index in [2.05, 4.69) is 25.9 Å². The van der Waals surface area contributed by atoms with Gasteiger partial charge in [0.15, 0.2) is 11.5 Å². The molecule has 1 heterocycles. The molecule has 162 valence electrons. The summed E-state index contributed by atoms with van der Waals surface area (Å²) in [6.07, 6.45) is 1.69. The second-order valence-corrected chi connectivity index (χ2v) is 6.51. The number of methoxy groups -OCH3 is 3. The molecule has 3 aromatic rings. The Morgan fingerprint density at radius 2 is 1.65 bits per heavy atom. The van der Waals surface area contributed by atoms with Gasteiger partial charge in [0.2, 0.25) is 11.7 Å². The molecular formula is C22H25N5O4. The van der Waals surface area contributed by atoms with Crippen LogP contribution in [0.4, 0.5) is 23.1 Å². The van der Waals surface area contributed by atoms with Crippen LogP contribution >= 0.6 is 0 Å². The number of amides is 1. The van der Waals surface area contributed by atoms with E-state index in [1.807, 2.05) is 19.1 Å². The molecule has 9 nitrogen and oxygen atoms in total. The van der Waals surface area contributed by atoms with Crippen LogP contribution in [0, 0.1) is 6.92 Å². The lowest BCUT2D eigenvalue weighted by atomic mass is 10.1. The number of carbonyl (C=O) groups excluding carboxylic acids is 1. The number of para-hydroxylation sites is 1. The van der Waals surface area contributed by atoms with Gasteiger partial charge in [-0.3, -0.25) is 4.79 Å². The van der Waals surface area contributed by atoms with E-state index in [9.17, 15) is 4.79 Å². The van der Waals surface area contributed by atoms with Crippen molar-refractivity contribution in [1.29, 1.82) is 0 Å². The highest BCUT2D eigenvalue weighted by Crippen LogP contribution is 2.40. The van der Waals surface area contributed by atoms with E-state index in [4.69, 9.17) is 14.2 Å². The van der Waals surface area contributed by atoms with Crippen molar-refractivity contribution in [3.63, 3.8) is 0 Å². The Kier molecular flexibility index (Phi) is 6.76. The van der Waals surface area contributed by atoms with E-state index < -0.39 is 0 Å². The zero-order valence-electron chi connectivity index (χ0n) is 18.1. The molecule has 0 aliphatic carbocycles. The predicted octanol–water partition coefficient (Wildman–Crippen LogP) is 3.66. The van der Waals surface area contributed by atoms with Gasteiger partial charge in [-0.05, 0) is 19.1 Å². The second kappa shape index (κ2) is 9.66. The number of carbonyl (C=O) groups is 1. The summed E-state index contributed by atoms with van der Waals surface area (Å²) >= 11 is 0. The number of ether oxygens (including phenoxy) is 3. The highest BCUT2D eigenvalue weighted by Gasteiger charge is 2.15. The smallest absolute Gasteiger partial charge is 0.253 e. The van der Waals surface area contributed by atoms with E-state index in [1.165, 1.54) is 0 Å². The molecule has 1 amide bonds. The van der Waals surface area contributed by atoms with Gasteiger partial charge in [-0.15, -0.1) is 0 Å². The van der Waals surface area contributed by atoms with Gasteiger partial charge in [0.1, 0.15) is 5.82 Å². The summed E-state index contributed by atoms with van der Waals surface area (Å²) in [5.41, 5.74) is 2.64. The van der Waals surface area contributed by atoms with Crippen LogP contribution in [0.25, 0.3) is 0 Å². The van der Waals surface area contributed by atoms with Crippen molar-refractivity contribution in [2.24, 2.45) is 0 Å². The van der Waals surface area contributed by atoms with Crippen molar-refractivity contribution in [2.45, 2.75) is 6.92 Å². The lowest BCUT2D eigenvalue weighted by molar-refractivity contribution is 0.0964. The van der Waals surface area contributed by atoms with E-state index in [1.54, 1.807) is 58.8 Å². The maximum atomic E-state index is 12.2. The number of anilines is 4. The van der Waals surface area contributed by atoms with Crippen molar-refractivity contribution in [3.8, 4) is 17.2 Å². The van der Waals surface area contributed by atoms with E-state index in [0.717, 1.165) is 5.56 Å². The third-order valence-electron chi connectivity index (χ3n) is 4.54. The molecule has 0 atom stereocenters. The number of benzene rings is 2. The summed E-state index contributed by atoms with van der Waals surface area (Å²) in [7, 11) is 6.24. The molecule has 0 aliphatic heterocycles. The van der Waals surface area contributed by atoms with Crippen molar-refractivity contribution < 1.29 is 19.0 Å². The molecule has 0 bridgehead atoms. The minimum atomic E-state index is -0.189. The van der Waals surface area contributed by atoms with Gasteiger partial charge in [0, 0.05) is 36.6 Å². The minimum Gasteiger partial charge on any atom is -0.493 e. The van der Waals surface area contributed by atoms with Gasteiger partial charge in [-0.25, -0.2) is 4.98 Å². The van der Waals surface area contributed by atoms with E-state index in [0.29, 0.717) is 46.0 Å². The highest BCUT2D eigenvalue weighted by atomic mass is 16.5. The van der Waals surface area contributed by atoms with E-state index >= 15 is 0 Å². The topological polar surface area (TPSA) is 107 Å². The fraction of sp³-hybridized carbons (Fsp3) is 0.227. The summed E-state index contributed by atoms with van der Waals surface area (Å²) in [6, 6.07) is 10.7. The van der Waals surface area contributed by atoms with Gasteiger partial charge in [0.25, 0.3) is 5.91 Å². The number of aryl methyl sites for hydroxylation is 1. The molecule has 0 saturated carbocycles. The number of nitrogens with one attached hydrogen (secondary N) is 3. The summed E-state index contributed by atoms with van der Waals surface area (Å²) in [5.74, 6) is 2.25. The number of nitrogens with zero attached hydrogens (tertiary/aromatic N) is 2. The van der Waals surface area contributed by atoms with Gasteiger partial charge < -0.3 is 30.2 Å². The van der Waals surface area contributed by atoms with Gasteiger partial charge >= 0.3 is 0 Å². The first kappa shape index (κ1) is 21.7. The largest absolute Gasteiger partial charge is 0.493 e. The minimum absolute atomic E-state index is 0.189. The first-order chi connectivity index (χ1) is 15.0. The van der Waals surface area contributed by atoms with Crippen LogP contribution in [0.2, 0.25) is 0 Å². The maximum absolute atomic E-state index is 12.2. The SMILES string of the molecule is CNC(=O)c1ccccc1Nc1nc(Nc2cc(OC)c(OC)c(OC)c2)ncc1C. The van der Waals surface area contributed by atoms with Crippen LogP contribution in [0.3, 0.4) is 0 Å². The number of hydrogen-bond acceptors (Lipinski definition) is 8. The van der Waals surface area contributed by atoms with Crippen LogP contribution < -0.4 is 30.2 Å². The zero-order chi connectivity index (χ0) is 22.4. The average molecular weight is 423 g/mol. The molecule has 2 aromatic carbocycles. The zero-order valence-corrected chi connectivity index (χ0v) is 18.1. The first-order valence-electron chi connectivity index (χ1n) is 9.49. The van der Waals surface area contributed by atoms with Gasteiger partial charge in [-0.1, -0.05) is 12.1 Å². The van der Waals surface area contributed by atoms with Gasteiger partial charge in [-0.2, -0.15) is 4.98 Å². The number of rotatable bonds is 8. The molecule has 0 unspecified atom stereocenters. The third kappa shape index (κ3) is 4.77. The Hall–Kier alpha value is -4.01. The summed E-state index contributed by atoms with van der Waals surface area (Å²) in [4.78, 5) is 21.1. The number of hydrogen-bond donors (Lipinski definition) is 3. The van der Waals surface area contributed by atoms with Crippen molar-refractivity contribution in [2.75, 3.05) is 39.0 Å². The normalized spacial score (nSPS) is 10.2. The summed E-state index contributed by atoms with van der Waals surface area (Å²) in [5, 5.41) is 9.01. The Balaban J connectivity index is 1.92. The lowest BCUT2D eigenvalue weighted by Crippen LogP contribution is -2.19. The molecular weight excluding hydrogens is 398 g/mol. The molecule has 3 rings (SSSR count). The molecule has 3 N–H and O–H groups in total. The first-order valence-corrected chi connectivity index (χ1v) is 9.49. The van der Waals surface area contributed by atoms with Crippen LogP contribution in [0.5, 0.6) is 17.2 Å². The quantitative estimate of drug-likeness (QED) is 0.504. The molecule has 0 aliphatic rings. The Morgan fingerprint density at radius 1 is 0.968 bits per heavy atom. The van der Waals surface area contributed by atoms with Crippen LogP contribution in [-0.2, 0) is 0 Å². The second-order valence-electron chi connectivity index (χ2n) is 6.51. The summed E-state index contributed by atoms with van der Waals surface area (Å²) < 4.78 is 16.1. The van der Waals surface area contributed by atoms with Crippen molar-refractivity contribution in [1.82, 2.24) is 15.3 Å². The monoisotopic (exact) mass is 423 g/mol. The fourth-order valence-corrected chi connectivity index (χ4v) is 2.96. The fourth-order valence-electron chi connectivity index (χ4n) is 2.96. The number of aromatic nitrogens is 2. The third-order valence-corrected chi connectivity index (χ3v) is 4.54. The molecule has 0 spiro atoms. The van der Waals surface area contributed by atoms with Crippen molar-refractivity contribution >= 4 is 29.0 Å². The molecule has 0 saturated heterocycles. The average Bonchev–Trinajstić information content (AvgIpc) is 2.80. The molecule has 0 fully saturated rings. The van der Waals surface area contributed by atoms with Crippen LogP contribution in [-0.4, -0.2) is 44.3 Å². The molecule has 1 aromatic heterocycles. The van der Waals surface area contributed by atoms with Crippen molar-refractivity contribution in [3.05, 3.63) is 53.7 Å². The molecule has 9 heteroatoms. The lowest BCUT2D eigenvalue weighted by Gasteiger charge is -2.16.